The van der Waals surface area contributed by atoms with Crippen LogP contribution >= 0.6 is 11.8 Å². The summed E-state index contributed by atoms with van der Waals surface area (Å²) < 4.78 is 6.02. The number of hydrogen-bond donors (Lipinski definition) is 3. The molecule has 0 spiro atoms. The lowest BCUT2D eigenvalue weighted by Crippen LogP contribution is -2.55. The fraction of sp³-hybridized carbons (Fsp3) is 0.423. The van der Waals surface area contributed by atoms with Crippen molar-refractivity contribution in [1.82, 2.24) is 25.2 Å². The van der Waals surface area contributed by atoms with Gasteiger partial charge in [-0.15, -0.1) is 11.8 Å². The zero-order valence-corrected chi connectivity index (χ0v) is 22.3. The fourth-order valence-corrected chi connectivity index (χ4v) is 5.57. The van der Waals surface area contributed by atoms with Crippen molar-refractivity contribution in [3.8, 4) is 0 Å². The number of amides is 1. The molecule has 3 aromatic rings. The summed E-state index contributed by atoms with van der Waals surface area (Å²) in [7, 11) is 0. The van der Waals surface area contributed by atoms with Crippen molar-refractivity contribution in [1.29, 1.82) is 0 Å². The molecule has 39 heavy (non-hydrogen) atoms. The van der Waals surface area contributed by atoms with Crippen LogP contribution < -0.4 is 16.2 Å². The monoisotopic (exact) mass is 554 g/mol. The lowest BCUT2D eigenvalue weighted by atomic mass is 9.94. The summed E-state index contributed by atoms with van der Waals surface area (Å²) in [4.78, 5) is 55.8. The van der Waals surface area contributed by atoms with Crippen LogP contribution in [0.2, 0.25) is 0 Å². The number of anilines is 1. The first-order valence-electron chi connectivity index (χ1n) is 12.6. The standard InChI is InChI=1S/C26H30N6O6S/c1-17-20(31-38-30-17)14-28-23-24(36)32(12-11-27-23)26(9-5-6-10-26)25(37)29-19(13-22(34)35)21(33)16-39-15-18-7-3-2-4-8-18/h2-4,7-8,11-12,19H,5-6,9-10,13-16H2,1H3,(H,27,28)(H,29,37)(H,34,35)/t19-/m0/s1. The second kappa shape index (κ2) is 12.7. The number of rotatable bonds is 13. The van der Waals surface area contributed by atoms with Gasteiger partial charge in [-0.1, -0.05) is 53.5 Å². The van der Waals surface area contributed by atoms with Crippen LogP contribution in [0.1, 0.15) is 49.1 Å². The van der Waals surface area contributed by atoms with Crippen molar-refractivity contribution in [3.63, 3.8) is 0 Å². The zero-order valence-electron chi connectivity index (χ0n) is 21.5. The molecule has 206 valence electrons. The van der Waals surface area contributed by atoms with Gasteiger partial charge in [0.25, 0.3) is 5.56 Å². The Kier molecular flexibility index (Phi) is 9.12. The van der Waals surface area contributed by atoms with Crippen molar-refractivity contribution >= 4 is 35.2 Å². The zero-order chi connectivity index (χ0) is 27.8. The lowest BCUT2D eigenvalue weighted by Gasteiger charge is -2.32. The second-order valence-corrected chi connectivity index (χ2v) is 10.4. The summed E-state index contributed by atoms with van der Waals surface area (Å²) in [5, 5.41) is 22.5. The van der Waals surface area contributed by atoms with Gasteiger partial charge in [-0.3, -0.25) is 23.7 Å². The molecule has 3 N–H and O–H groups in total. The SMILES string of the molecule is Cc1nonc1CNc1nccn(C2(C(=O)N[C@@H](CC(=O)O)C(=O)CSCc3ccccc3)CCCC2)c1=O. The van der Waals surface area contributed by atoms with Gasteiger partial charge in [0, 0.05) is 18.1 Å². The van der Waals surface area contributed by atoms with Gasteiger partial charge < -0.3 is 15.7 Å². The minimum absolute atomic E-state index is 0.0226. The lowest BCUT2D eigenvalue weighted by molar-refractivity contribution is -0.140. The van der Waals surface area contributed by atoms with Crippen LogP contribution in [0, 0.1) is 6.92 Å². The Morgan fingerprint density at radius 3 is 2.59 bits per heavy atom. The molecule has 0 saturated heterocycles. The Balaban J connectivity index is 1.50. The summed E-state index contributed by atoms with van der Waals surface area (Å²) in [6, 6.07) is 8.38. The first-order chi connectivity index (χ1) is 18.8. The molecule has 1 aliphatic carbocycles. The number of carbonyl (C=O) groups excluding carboxylic acids is 2. The molecule has 1 aliphatic rings. The molecule has 1 amide bonds. The number of nitrogens with one attached hydrogen (secondary N) is 2. The number of hydrogen-bond acceptors (Lipinski definition) is 10. The number of carbonyl (C=O) groups is 3. The van der Waals surface area contributed by atoms with Crippen LogP contribution in [0.15, 0.2) is 52.1 Å². The van der Waals surface area contributed by atoms with Gasteiger partial charge >= 0.3 is 5.97 Å². The van der Waals surface area contributed by atoms with Gasteiger partial charge in [-0.25, -0.2) is 9.61 Å². The minimum Gasteiger partial charge on any atom is -0.481 e. The number of aromatic nitrogens is 4. The molecular formula is C26H30N6O6S. The molecule has 0 radical (unpaired) electrons. The van der Waals surface area contributed by atoms with Crippen molar-refractivity contribution in [2.75, 3.05) is 11.1 Å². The number of aryl methyl sites for hydroxylation is 1. The van der Waals surface area contributed by atoms with Crippen molar-refractivity contribution < 1.29 is 24.1 Å². The summed E-state index contributed by atoms with van der Waals surface area (Å²) >= 11 is 1.35. The van der Waals surface area contributed by atoms with Crippen LogP contribution in [0.5, 0.6) is 0 Å². The summed E-state index contributed by atoms with van der Waals surface area (Å²) in [5.41, 5.74) is 0.343. The maximum Gasteiger partial charge on any atom is 0.305 e. The van der Waals surface area contributed by atoms with Gasteiger partial charge in [0.05, 0.1) is 24.8 Å². The third-order valence-electron chi connectivity index (χ3n) is 6.75. The van der Waals surface area contributed by atoms with Gasteiger partial charge in [-0.2, -0.15) is 0 Å². The molecule has 12 nitrogen and oxygen atoms in total. The fourth-order valence-electron chi connectivity index (χ4n) is 4.64. The average molecular weight is 555 g/mol. The van der Waals surface area contributed by atoms with E-state index in [1.165, 1.54) is 28.7 Å². The highest BCUT2D eigenvalue weighted by molar-refractivity contribution is 7.99. The number of nitrogens with zero attached hydrogens (tertiary/aromatic N) is 4. The number of aliphatic carboxylic acids is 1. The van der Waals surface area contributed by atoms with E-state index < -0.39 is 35.4 Å². The molecule has 13 heteroatoms. The van der Waals surface area contributed by atoms with Crippen molar-refractivity contribution in [3.05, 3.63) is 70.0 Å². The summed E-state index contributed by atoms with van der Waals surface area (Å²) in [6.45, 7) is 1.87. The molecule has 1 atom stereocenters. The predicted octanol–water partition coefficient (Wildman–Crippen LogP) is 2.28. The van der Waals surface area contributed by atoms with Crippen LogP contribution in [0.25, 0.3) is 0 Å². The van der Waals surface area contributed by atoms with E-state index in [9.17, 15) is 24.3 Å². The van der Waals surface area contributed by atoms with Crippen LogP contribution in [-0.4, -0.2) is 54.4 Å². The maximum absolute atomic E-state index is 13.7. The third-order valence-corrected chi connectivity index (χ3v) is 7.78. The van der Waals surface area contributed by atoms with E-state index >= 15 is 0 Å². The largest absolute Gasteiger partial charge is 0.481 e. The molecular weight excluding hydrogens is 524 g/mol. The Labute approximate surface area is 228 Å². The van der Waals surface area contributed by atoms with E-state index in [0.717, 1.165) is 5.56 Å². The molecule has 2 heterocycles. The van der Waals surface area contributed by atoms with E-state index in [4.69, 9.17) is 0 Å². The van der Waals surface area contributed by atoms with E-state index in [1.807, 2.05) is 30.3 Å². The Hall–Kier alpha value is -4.00. The van der Waals surface area contributed by atoms with Gasteiger partial charge in [0.1, 0.15) is 16.9 Å². The van der Waals surface area contributed by atoms with Crippen molar-refractivity contribution in [2.24, 2.45) is 0 Å². The highest BCUT2D eigenvalue weighted by atomic mass is 32.2. The van der Waals surface area contributed by atoms with Crippen LogP contribution in [-0.2, 0) is 32.2 Å². The van der Waals surface area contributed by atoms with Gasteiger partial charge in [0.15, 0.2) is 11.6 Å². The van der Waals surface area contributed by atoms with E-state index in [0.29, 0.717) is 42.8 Å². The predicted molar refractivity (Wildman–Crippen MR) is 143 cm³/mol. The average Bonchev–Trinajstić information content (AvgIpc) is 3.58. The molecule has 1 aromatic carbocycles. The Bertz CT molecular complexity index is 1370. The molecule has 2 aromatic heterocycles. The third kappa shape index (κ3) is 6.72. The Morgan fingerprint density at radius 2 is 1.92 bits per heavy atom. The summed E-state index contributed by atoms with van der Waals surface area (Å²) in [6.07, 6.45) is 4.45. The second-order valence-electron chi connectivity index (χ2n) is 9.41. The number of ketones is 1. The molecule has 4 rings (SSSR count). The maximum atomic E-state index is 13.7. The van der Waals surface area contributed by atoms with E-state index in [2.05, 4.69) is 30.6 Å². The Morgan fingerprint density at radius 1 is 1.18 bits per heavy atom. The first-order valence-corrected chi connectivity index (χ1v) is 13.7. The van der Waals surface area contributed by atoms with E-state index in [1.54, 1.807) is 6.92 Å². The molecule has 1 saturated carbocycles. The number of carboxylic acid groups (broad SMARTS) is 1. The van der Waals surface area contributed by atoms with Gasteiger partial charge in [0.2, 0.25) is 5.91 Å². The number of Topliss-reactive ketones (excluding diaryl/α,β-unsaturated/α-hetero) is 1. The van der Waals surface area contributed by atoms with Crippen molar-refractivity contribution in [2.45, 2.75) is 62.9 Å². The van der Waals surface area contributed by atoms with E-state index in [-0.39, 0.29) is 23.9 Å². The molecule has 1 fully saturated rings. The quantitative estimate of drug-likeness (QED) is 0.283. The molecule has 0 unspecified atom stereocenters. The number of carboxylic acids is 1. The van der Waals surface area contributed by atoms with Crippen LogP contribution in [0.3, 0.4) is 0 Å². The normalized spacial score (nSPS) is 15.0. The summed E-state index contributed by atoms with van der Waals surface area (Å²) in [5.74, 6) is -1.50. The van der Waals surface area contributed by atoms with Gasteiger partial charge in [-0.05, 0) is 25.3 Å². The minimum atomic E-state index is -1.27. The molecule has 0 bridgehead atoms. The topological polar surface area (TPSA) is 169 Å². The number of benzene rings is 1. The highest BCUT2D eigenvalue weighted by Gasteiger charge is 2.45. The smallest absolute Gasteiger partial charge is 0.305 e. The molecule has 0 aliphatic heterocycles. The first kappa shape index (κ1) is 28.0. The highest BCUT2D eigenvalue weighted by Crippen LogP contribution is 2.36. The van der Waals surface area contributed by atoms with Crippen LogP contribution in [0.4, 0.5) is 5.82 Å². The number of thioether (sulfide) groups is 1.